The average molecular weight is 535 g/mol. The summed E-state index contributed by atoms with van der Waals surface area (Å²) in [6, 6.07) is 19.6. The maximum Gasteiger partial charge on any atom is 0.323 e. The third-order valence-corrected chi connectivity index (χ3v) is 7.63. The Labute approximate surface area is 234 Å². The fourth-order valence-electron chi connectivity index (χ4n) is 5.41. The van der Waals surface area contributed by atoms with E-state index in [2.05, 4.69) is 66.9 Å². The Bertz CT molecular complexity index is 1610. The summed E-state index contributed by atoms with van der Waals surface area (Å²) in [5.41, 5.74) is 9.22. The number of carbonyl (C=O) groups excluding carboxylic acids is 2. The molecule has 6 rings (SSSR count). The summed E-state index contributed by atoms with van der Waals surface area (Å²) < 4.78 is 1.90. The highest BCUT2D eigenvalue weighted by atomic mass is 16.2. The van der Waals surface area contributed by atoms with Crippen LogP contribution in [-0.2, 0) is 25.0 Å². The molecule has 0 atom stereocenters. The lowest BCUT2D eigenvalue weighted by atomic mass is 9.96. The predicted octanol–water partition coefficient (Wildman–Crippen LogP) is 5.85. The number of likely N-dealkylation sites (N-methyl/N-ethyl adjacent to an activating group) is 1. The number of carbonyl (C=O) groups is 2. The number of anilines is 2. The van der Waals surface area contributed by atoms with Crippen LogP contribution in [0.3, 0.4) is 0 Å². The van der Waals surface area contributed by atoms with Gasteiger partial charge >= 0.3 is 6.03 Å². The molecule has 4 aromatic rings. The number of hydrogen-bond acceptors (Lipinski definition) is 4. The fraction of sp³-hybridized carbons (Fsp3) is 0.281. The van der Waals surface area contributed by atoms with E-state index in [1.54, 1.807) is 0 Å². The zero-order valence-corrected chi connectivity index (χ0v) is 23.3. The zero-order chi connectivity index (χ0) is 28.0. The van der Waals surface area contributed by atoms with Crippen molar-refractivity contribution in [1.29, 1.82) is 0 Å². The topological polar surface area (TPSA) is 91.3 Å². The van der Waals surface area contributed by atoms with E-state index in [9.17, 15) is 9.59 Å². The molecule has 3 N–H and O–H groups in total. The van der Waals surface area contributed by atoms with Gasteiger partial charge in [0.2, 0.25) is 0 Å². The summed E-state index contributed by atoms with van der Waals surface area (Å²) in [7, 11) is 2.14. The molecule has 2 aliphatic heterocycles. The second-order valence-electron chi connectivity index (χ2n) is 11.6. The van der Waals surface area contributed by atoms with Crippen molar-refractivity contribution in [3.05, 3.63) is 89.1 Å². The van der Waals surface area contributed by atoms with Crippen LogP contribution in [0.5, 0.6) is 0 Å². The second-order valence-corrected chi connectivity index (χ2v) is 11.6. The smallest absolute Gasteiger partial charge is 0.323 e. The minimum absolute atomic E-state index is 0.0383. The van der Waals surface area contributed by atoms with Crippen molar-refractivity contribution in [2.75, 3.05) is 24.2 Å². The van der Waals surface area contributed by atoms with Crippen molar-refractivity contribution < 1.29 is 9.59 Å². The van der Waals surface area contributed by atoms with Gasteiger partial charge in [-0.15, -0.1) is 0 Å². The maximum absolute atomic E-state index is 13.1. The molecule has 3 amide bonds. The SMILES string of the molecule is CN1CCc2ccc(-c3nn(C(C)(C)C)cc3NC(=O)Nc3ccc(-c4cccc5c4CNC5=O)cc3)cc2C1. The van der Waals surface area contributed by atoms with E-state index in [4.69, 9.17) is 5.10 Å². The number of benzene rings is 3. The zero-order valence-electron chi connectivity index (χ0n) is 23.3. The number of rotatable bonds is 4. The van der Waals surface area contributed by atoms with E-state index in [1.165, 1.54) is 11.1 Å². The number of aromatic nitrogens is 2. The largest absolute Gasteiger partial charge is 0.348 e. The minimum atomic E-state index is -0.337. The summed E-state index contributed by atoms with van der Waals surface area (Å²) in [5, 5.41) is 13.8. The summed E-state index contributed by atoms with van der Waals surface area (Å²) in [5.74, 6) is -0.0383. The van der Waals surface area contributed by atoms with Crippen molar-refractivity contribution in [3.8, 4) is 22.4 Å². The first-order valence-corrected chi connectivity index (χ1v) is 13.6. The predicted molar refractivity (Wildman–Crippen MR) is 158 cm³/mol. The minimum Gasteiger partial charge on any atom is -0.348 e. The number of amides is 3. The van der Waals surface area contributed by atoms with Gasteiger partial charge in [0.05, 0.1) is 11.2 Å². The molecule has 40 heavy (non-hydrogen) atoms. The van der Waals surface area contributed by atoms with E-state index < -0.39 is 0 Å². The number of nitrogens with one attached hydrogen (secondary N) is 3. The molecule has 0 saturated carbocycles. The van der Waals surface area contributed by atoms with Crippen LogP contribution < -0.4 is 16.0 Å². The van der Waals surface area contributed by atoms with Gasteiger partial charge in [0.25, 0.3) is 5.91 Å². The number of hydrogen-bond donors (Lipinski definition) is 3. The molecule has 1 aromatic heterocycles. The highest BCUT2D eigenvalue weighted by Crippen LogP contribution is 2.33. The molecule has 3 heterocycles. The summed E-state index contributed by atoms with van der Waals surface area (Å²) >= 11 is 0. The molecule has 3 aromatic carbocycles. The van der Waals surface area contributed by atoms with Gasteiger partial charge in [-0.1, -0.05) is 36.4 Å². The van der Waals surface area contributed by atoms with Gasteiger partial charge in [-0.2, -0.15) is 5.10 Å². The molecule has 204 valence electrons. The number of fused-ring (bicyclic) bond motifs is 2. The van der Waals surface area contributed by atoms with Crippen LogP contribution in [0, 0.1) is 0 Å². The van der Waals surface area contributed by atoms with E-state index in [0.29, 0.717) is 17.9 Å². The van der Waals surface area contributed by atoms with Gasteiger partial charge in [-0.25, -0.2) is 4.79 Å². The lowest BCUT2D eigenvalue weighted by molar-refractivity contribution is 0.0965. The molecule has 0 aliphatic carbocycles. The van der Waals surface area contributed by atoms with Gasteiger partial charge in [-0.3, -0.25) is 9.48 Å². The second kappa shape index (κ2) is 9.95. The molecular weight excluding hydrogens is 500 g/mol. The van der Waals surface area contributed by atoms with E-state index in [-0.39, 0.29) is 17.5 Å². The molecule has 0 spiro atoms. The van der Waals surface area contributed by atoms with Crippen molar-refractivity contribution in [1.82, 2.24) is 20.0 Å². The van der Waals surface area contributed by atoms with Gasteiger partial charge < -0.3 is 20.9 Å². The fourth-order valence-corrected chi connectivity index (χ4v) is 5.41. The highest BCUT2D eigenvalue weighted by molar-refractivity contribution is 6.02. The monoisotopic (exact) mass is 534 g/mol. The molecule has 0 fully saturated rings. The Morgan fingerprint density at radius 1 is 0.950 bits per heavy atom. The van der Waals surface area contributed by atoms with Gasteiger partial charge in [0.1, 0.15) is 5.69 Å². The van der Waals surface area contributed by atoms with Crippen LogP contribution >= 0.6 is 0 Å². The standard InChI is InChI=1S/C32H34N6O2/c1-32(2,3)38-19-28(29(36-38)22-9-8-20-14-15-37(4)18-23(20)16-22)35-31(40)34-24-12-10-21(11-13-24)25-6-5-7-26-27(25)17-33-30(26)39/h5-13,16,19H,14-15,17-18H2,1-4H3,(H,33,39)(H2,34,35,40). The van der Waals surface area contributed by atoms with Crippen molar-refractivity contribution in [2.24, 2.45) is 0 Å². The average Bonchev–Trinajstić information content (AvgIpc) is 3.52. The molecule has 0 unspecified atom stereocenters. The number of nitrogens with zero attached hydrogens (tertiary/aromatic N) is 3. The Morgan fingerprint density at radius 3 is 2.48 bits per heavy atom. The van der Waals surface area contributed by atoms with E-state index in [1.807, 2.05) is 53.3 Å². The van der Waals surface area contributed by atoms with Crippen LogP contribution in [0.25, 0.3) is 22.4 Å². The van der Waals surface area contributed by atoms with Crippen LogP contribution in [0.4, 0.5) is 16.2 Å². The molecule has 2 aliphatic rings. The first kappa shape index (κ1) is 25.8. The Morgan fingerprint density at radius 2 is 1.70 bits per heavy atom. The quantitative estimate of drug-likeness (QED) is 0.306. The number of urea groups is 1. The van der Waals surface area contributed by atoms with Gasteiger partial charge in [-0.05, 0) is 86.3 Å². The third-order valence-electron chi connectivity index (χ3n) is 7.63. The normalized spacial score (nSPS) is 14.8. The Balaban J connectivity index is 1.23. The van der Waals surface area contributed by atoms with Crippen LogP contribution in [0.15, 0.2) is 66.9 Å². The lowest BCUT2D eigenvalue weighted by Gasteiger charge is -2.25. The summed E-state index contributed by atoms with van der Waals surface area (Å²) in [6.07, 6.45) is 2.94. The van der Waals surface area contributed by atoms with Gasteiger partial charge in [0.15, 0.2) is 0 Å². The summed E-state index contributed by atoms with van der Waals surface area (Å²) in [4.78, 5) is 27.5. The lowest BCUT2D eigenvalue weighted by Crippen LogP contribution is -2.26. The molecule has 8 nitrogen and oxygen atoms in total. The van der Waals surface area contributed by atoms with Crippen molar-refractivity contribution >= 4 is 23.3 Å². The van der Waals surface area contributed by atoms with Crippen molar-refractivity contribution in [3.63, 3.8) is 0 Å². The molecule has 0 saturated heterocycles. The van der Waals surface area contributed by atoms with Gasteiger partial charge in [0, 0.05) is 42.6 Å². The maximum atomic E-state index is 13.1. The van der Waals surface area contributed by atoms with Crippen LogP contribution in [0.1, 0.15) is 47.8 Å². The molecule has 0 bridgehead atoms. The Kier molecular flexibility index (Phi) is 6.43. The molecule has 8 heteroatoms. The van der Waals surface area contributed by atoms with Crippen LogP contribution in [-0.4, -0.2) is 40.2 Å². The molecular formula is C32H34N6O2. The molecule has 0 radical (unpaired) electrons. The first-order valence-electron chi connectivity index (χ1n) is 13.6. The Hall–Kier alpha value is -4.43. The summed E-state index contributed by atoms with van der Waals surface area (Å²) in [6.45, 7) is 8.75. The van der Waals surface area contributed by atoms with Crippen LogP contribution in [0.2, 0.25) is 0 Å². The highest BCUT2D eigenvalue weighted by Gasteiger charge is 2.23. The van der Waals surface area contributed by atoms with E-state index in [0.717, 1.165) is 53.0 Å². The van der Waals surface area contributed by atoms with Crippen molar-refractivity contribution in [2.45, 2.75) is 45.8 Å². The van der Waals surface area contributed by atoms with E-state index >= 15 is 0 Å². The first-order chi connectivity index (χ1) is 19.2. The third kappa shape index (κ3) is 4.98.